The van der Waals surface area contributed by atoms with E-state index < -0.39 is 0 Å². The Morgan fingerprint density at radius 1 is 0.944 bits per heavy atom. The summed E-state index contributed by atoms with van der Waals surface area (Å²) in [6.45, 7) is 9.67. The number of nitrogens with zero attached hydrogens (tertiary/aromatic N) is 1. The molecule has 1 aliphatic heterocycles. The van der Waals surface area contributed by atoms with Crippen molar-refractivity contribution in [3.05, 3.63) is 47.6 Å². The summed E-state index contributed by atoms with van der Waals surface area (Å²) in [5.41, 5.74) is 2.84. The molecule has 0 aromatic carbocycles. The molecule has 1 heterocycles. The summed E-state index contributed by atoms with van der Waals surface area (Å²) in [6, 6.07) is 0.544. The van der Waals surface area contributed by atoms with E-state index in [2.05, 4.69) is 65.8 Å². The Morgan fingerprint density at radius 2 is 1.69 bits per heavy atom. The van der Waals surface area contributed by atoms with Crippen LogP contribution in [0.4, 0.5) is 0 Å². The molecule has 0 radical (unpaired) electrons. The van der Waals surface area contributed by atoms with Gasteiger partial charge in [-0.25, -0.2) is 0 Å². The van der Waals surface area contributed by atoms with Gasteiger partial charge in [0.05, 0.1) is 25.0 Å². The average Bonchev–Trinajstić information content (AvgIpc) is 2.89. The van der Waals surface area contributed by atoms with Crippen LogP contribution >= 0.6 is 0 Å². The van der Waals surface area contributed by atoms with Crippen molar-refractivity contribution >= 4 is 0 Å². The smallest absolute Gasteiger partial charge is 0.0837 e. The number of hydrogen-bond acceptors (Lipinski definition) is 5. The van der Waals surface area contributed by atoms with E-state index in [1.165, 1.54) is 56.1 Å². The molecule has 0 saturated heterocycles. The number of rotatable bonds is 10. The Balaban J connectivity index is 0.00000380. The third kappa shape index (κ3) is 8.13. The summed E-state index contributed by atoms with van der Waals surface area (Å²) in [4.78, 5) is 2.44. The quantitative estimate of drug-likeness (QED) is 0.409. The number of hydrogen-bond donors (Lipinski definition) is 2. The van der Waals surface area contributed by atoms with Crippen LogP contribution in [0, 0.1) is 11.8 Å². The summed E-state index contributed by atoms with van der Waals surface area (Å²) < 4.78 is 11.9. The monoisotopic (exact) mass is 499 g/mol. The Hall–Kier alpha value is -1.24. The molecule has 2 bridgehead atoms. The highest BCUT2D eigenvalue weighted by Gasteiger charge is 2.31. The van der Waals surface area contributed by atoms with Gasteiger partial charge in [0, 0.05) is 27.7 Å². The number of allylic oxidation sites excluding steroid dienone is 6. The van der Waals surface area contributed by atoms with Gasteiger partial charge in [0.15, 0.2) is 0 Å². The van der Waals surface area contributed by atoms with Crippen LogP contribution in [0.25, 0.3) is 0 Å². The van der Waals surface area contributed by atoms with Gasteiger partial charge in [-0.15, -0.1) is 0 Å². The van der Waals surface area contributed by atoms with E-state index in [1.807, 2.05) is 7.11 Å². The third-order valence-electron chi connectivity index (χ3n) is 9.04. The second kappa shape index (κ2) is 14.6. The zero-order valence-corrected chi connectivity index (χ0v) is 23.1. The van der Waals surface area contributed by atoms with Crippen LogP contribution in [0.15, 0.2) is 47.6 Å². The van der Waals surface area contributed by atoms with Gasteiger partial charge < -0.3 is 14.4 Å². The van der Waals surface area contributed by atoms with E-state index in [-0.39, 0.29) is 7.59 Å². The lowest BCUT2D eigenvalue weighted by Gasteiger charge is -2.38. The summed E-state index contributed by atoms with van der Waals surface area (Å²) in [5, 5.41) is 7.98. The first-order valence-corrected chi connectivity index (χ1v) is 14.8. The van der Waals surface area contributed by atoms with E-state index in [9.17, 15) is 0 Å². The van der Waals surface area contributed by atoms with Gasteiger partial charge in [-0.05, 0) is 93.9 Å². The standard InChI is InChI=1S/C31H51N3O2.H2/c1-4-34(5-2)19-20-36-30-17-13-28(14-18-30)33-31-26-10-8-6-7-9-24(21-26)22-27(23-32-31)25-11-15-29(35-3)16-12-25;/h6-10,21,25,27-33H,4-5,11-20,22-23H2,1-3H3;1H/b7-6-,8-6?,9-7?,10-8-,24-9+,24-21?,26-10?,26-21+;. The van der Waals surface area contributed by atoms with Crippen LogP contribution in [0.1, 0.15) is 73.1 Å². The fourth-order valence-electron chi connectivity index (χ4n) is 6.59. The SMILES string of the molecule is CCN(CC)CCOC1CCC(NC2NCC(C3CCC(OC)CC3)CC3=C/C=C\C=C/C2=C\3)CC1.[HH]. The van der Waals surface area contributed by atoms with Crippen LogP contribution < -0.4 is 10.6 Å². The number of likely N-dealkylation sites (N-methyl/N-ethyl adjacent to an activating group) is 1. The van der Waals surface area contributed by atoms with Gasteiger partial charge in [0.25, 0.3) is 0 Å². The molecule has 2 N–H and O–H groups in total. The van der Waals surface area contributed by atoms with Gasteiger partial charge in [-0.1, -0.05) is 50.3 Å². The van der Waals surface area contributed by atoms with Crippen molar-refractivity contribution in [2.45, 2.75) is 96.1 Å². The second-order valence-electron chi connectivity index (χ2n) is 11.2. The Morgan fingerprint density at radius 3 is 2.42 bits per heavy atom. The fraction of sp³-hybridized carbons (Fsp3) is 0.742. The molecule has 204 valence electrons. The molecular weight excluding hydrogens is 446 g/mol. The molecule has 0 aromatic rings. The highest BCUT2D eigenvalue weighted by Crippen LogP contribution is 2.36. The summed E-state index contributed by atoms with van der Waals surface area (Å²) in [6.07, 6.45) is 25.6. The summed E-state index contributed by atoms with van der Waals surface area (Å²) in [7, 11) is 1.87. The maximum absolute atomic E-state index is 6.25. The van der Waals surface area contributed by atoms with Crippen LogP contribution in [0.3, 0.4) is 0 Å². The molecule has 36 heavy (non-hydrogen) atoms. The summed E-state index contributed by atoms with van der Waals surface area (Å²) in [5.74, 6) is 1.47. The van der Waals surface area contributed by atoms with Crippen molar-refractivity contribution in [1.29, 1.82) is 0 Å². The van der Waals surface area contributed by atoms with Gasteiger partial charge in [0.2, 0.25) is 0 Å². The van der Waals surface area contributed by atoms with Crippen molar-refractivity contribution in [1.82, 2.24) is 15.5 Å². The first-order chi connectivity index (χ1) is 17.7. The van der Waals surface area contributed by atoms with E-state index in [4.69, 9.17) is 9.47 Å². The van der Waals surface area contributed by atoms with Crippen LogP contribution in [-0.2, 0) is 9.47 Å². The van der Waals surface area contributed by atoms with Crippen molar-refractivity contribution in [2.24, 2.45) is 11.8 Å². The lowest BCUT2D eigenvalue weighted by Crippen LogP contribution is -2.52. The molecule has 4 rings (SSSR count). The predicted octanol–water partition coefficient (Wildman–Crippen LogP) is 5.61. The molecule has 3 aliphatic carbocycles. The predicted molar refractivity (Wildman–Crippen MR) is 152 cm³/mol. The molecule has 0 spiro atoms. The normalized spacial score (nSPS) is 38.0. The first-order valence-electron chi connectivity index (χ1n) is 14.8. The lowest BCUT2D eigenvalue weighted by atomic mass is 9.75. The molecule has 5 heteroatoms. The Bertz CT molecular complexity index is 775. The Kier molecular flexibility index (Phi) is 11.3. The number of nitrogens with one attached hydrogen (secondary N) is 2. The van der Waals surface area contributed by atoms with Gasteiger partial charge in [-0.2, -0.15) is 0 Å². The number of methoxy groups -OCH3 is 1. The molecule has 4 aliphatic rings. The minimum Gasteiger partial charge on any atom is -0.381 e. The second-order valence-corrected chi connectivity index (χ2v) is 11.2. The van der Waals surface area contributed by atoms with Crippen molar-refractivity contribution < 1.29 is 10.9 Å². The van der Waals surface area contributed by atoms with E-state index in [0.29, 0.717) is 24.2 Å². The number of ether oxygens (including phenoxy) is 2. The minimum absolute atomic E-state index is 0. The molecule has 2 atom stereocenters. The fourth-order valence-corrected chi connectivity index (χ4v) is 6.59. The molecule has 2 saturated carbocycles. The highest BCUT2D eigenvalue weighted by molar-refractivity contribution is 5.40. The average molecular weight is 500 g/mol. The molecule has 2 unspecified atom stereocenters. The van der Waals surface area contributed by atoms with Crippen LogP contribution in [-0.4, -0.2) is 69.2 Å². The van der Waals surface area contributed by atoms with Gasteiger partial charge in [-0.3, -0.25) is 10.6 Å². The maximum atomic E-state index is 6.25. The largest absolute Gasteiger partial charge is 0.381 e. The van der Waals surface area contributed by atoms with Crippen LogP contribution in [0.2, 0.25) is 0 Å². The summed E-state index contributed by atoms with van der Waals surface area (Å²) >= 11 is 0. The van der Waals surface area contributed by atoms with Crippen LogP contribution in [0.5, 0.6) is 0 Å². The van der Waals surface area contributed by atoms with E-state index in [0.717, 1.165) is 51.5 Å². The Labute approximate surface area is 221 Å². The zero-order valence-electron chi connectivity index (χ0n) is 23.1. The van der Waals surface area contributed by atoms with E-state index >= 15 is 0 Å². The first kappa shape index (κ1) is 27.8. The van der Waals surface area contributed by atoms with Crippen molar-refractivity contribution in [3.63, 3.8) is 0 Å². The molecule has 0 amide bonds. The molecule has 2 fully saturated rings. The molecule has 5 nitrogen and oxygen atoms in total. The zero-order chi connectivity index (χ0) is 25.2. The van der Waals surface area contributed by atoms with Crippen molar-refractivity contribution in [3.8, 4) is 0 Å². The number of fused-ring (bicyclic) bond motifs is 1. The lowest BCUT2D eigenvalue weighted by molar-refractivity contribution is 0.0113. The molecule has 0 aromatic heterocycles. The highest BCUT2D eigenvalue weighted by atomic mass is 16.5. The maximum Gasteiger partial charge on any atom is 0.0837 e. The van der Waals surface area contributed by atoms with Gasteiger partial charge in [0.1, 0.15) is 0 Å². The van der Waals surface area contributed by atoms with Gasteiger partial charge >= 0.3 is 0 Å². The van der Waals surface area contributed by atoms with Crippen molar-refractivity contribution in [2.75, 3.05) is 39.9 Å². The minimum atomic E-state index is 0. The third-order valence-corrected chi connectivity index (χ3v) is 9.04. The van der Waals surface area contributed by atoms with E-state index in [1.54, 1.807) is 0 Å². The topological polar surface area (TPSA) is 45.8 Å². The molecular formula is C31H53N3O2.